The van der Waals surface area contributed by atoms with E-state index in [0.717, 1.165) is 23.0 Å². The van der Waals surface area contributed by atoms with Crippen molar-refractivity contribution in [2.45, 2.75) is 0 Å². The number of carbonyl (C=O) groups excluding carboxylic acids is 1. The summed E-state index contributed by atoms with van der Waals surface area (Å²) >= 11 is 0. The number of carboxylic acids is 1. The Morgan fingerprint density at radius 3 is 2.70 bits per heavy atom. The van der Waals surface area contributed by atoms with Crippen LogP contribution in [0.5, 0.6) is 0 Å². The Bertz CT molecular complexity index is 671. The van der Waals surface area contributed by atoms with Gasteiger partial charge in [-0.2, -0.15) is 4.80 Å². The number of nitrogens with zero attached hydrogens (tertiary/aromatic N) is 4. The molecule has 0 fully saturated rings. The van der Waals surface area contributed by atoms with Gasteiger partial charge in [0.1, 0.15) is 5.82 Å². The topological polar surface area (TPSA) is 122 Å². The van der Waals surface area contributed by atoms with Crippen LogP contribution in [-0.4, -0.2) is 37.3 Å². The Hall–Kier alpha value is -3.04. The molecule has 0 spiro atoms. The minimum absolute atomic E-state index is 0.0519. The van der Waals surface area contributed by atoms with Gasteiger partial charge in [-0.3, -0.25) is 5.32 Å². The summed E-state index contributed by atoms with van der Waals surface area (Å²) in [6.45, 7) is 0. The van der Waals surface area contributed by atoms with E-state index in [1.165, 1.54) is 7.05 Å². The Balaban J connectivity index is 2.13. The van der Waals surface area contributed by atoms with Crippen LogP contribution in [0.3, 0.4) is 0 Å². The van der Waals surface area contributed by atoms with Crippen molar-refractivity contribution in [2.75, 3.05) is 10.6 Å². The zero-order chi connectivity index (χ0) is 14.7. The molecule has 0 saturated carbocycles. The van der Waals surface area contributed by atoms with Crippen LogP contribution in [0, 0.1) is 5.82 Å². The van der Waals surface area contributed by atoms with Gasteiger partial charge < -0.3 is 10.4 Å². The molecule has 2 amide bonds. The fraction of sp³-hybridized carbons (Fsp3) is 0.100. The molecule has 1 aromatic carbocycles. The number of carboxylic acid groups (broad SMARTS) is 1. The second kappa shape index (κ2) is 5.30. The van der Waals surface area contributed by atoms with Gasteiger partial charge in [0.25, 0.3) is 5.95 Å². The van der Waals surface area contributed by atoms with Crippen molar-refractivity contribution in [3.8, 4) is 0 Å². The zero-order valence-electron chi connectivity index (χ0n) is 10.2. The predicted octanol–water partition coefficient (Wildman–Crippen LogP) is 0.691. The third-order valence-corrected chi connectivity index (χ3v) is 2.19. The molecule has 1 heterocycles. The summed E-state index contributed by atoms with van der Waals surface area (Å²) in [4.78, 5) is 23.7. The Kier molecular flexibility index (Phi) is 3.55. The summed E-state index contributed by atoms with van der Waals surface area (Å²) in [7, 11) is 1.51. The number of carbonyl (C=O) groups is 2. The normalized spacial score (nSPS) is 10.1. The first-order valence-corrected chi connectivity index (χ1v) is 5.30. The van der Waals surface area contributed by atoms with Gasteiger partial charge in [0.15, 0.2) is 0 Å². The third-order valence-electron chi connectivity index (χ3n) is 2.19. The maximum atomic E-state index is 13.0. The van der Waals surface area contributed by atoms with Crippen LogP contribution in [0.2, 0.25) is 0 Å². The molecule has 9 nitrogen and oxygen atoms in total. The summed E-state index contributed by atoms with van der Waals surface area (Å²) in [6.07, 6.45) is 0. The molecule has 10 heteroatoms. The molecule has 104 valence electrons. The number of aromatic nitrogens is 4. The van der Waals surface area contributed by atoms with E-state index in [4.69, 9.17) is 5.11 Å². The second-order valence-corrected chi connectivity index (χ2v) is 3.68. The van der Waals surface area contributed by atoms with Gasteiger partial charge >= 0.3 is 12.0 Å². The first-order valence-electron chi connectivity index (χ1n) is 5.30. The van der Waals surface area contributed by atoms with Gasteiger partial charge in [0, 0.05) is 0 Å². The number of benzene rings is 1. The number of halogens is 1. The lowest BCUT2D eigenvalue weighted by Gasteiger charge is -2.08. The smallest absolute Gasteiger partial charge is 0.337 e. The van der Waals surface area contributed by atoms with Crippen molar-refractivity contribution in [3.05, 3.63) is 29.6 Å². The van der Waals surface area contributed by atoms with E-state index in [0.29, 0.717) is 0 Å². The average molecular weight is 280 g/mol. The second-order valence-electron chi connectivity index (χ2n) is 3.68. The summed E-state index contributed by atoms with van der Waals surface area (Å²) in [5.41, 5.74) is -0.424. The number of aryl methyl sites for hydroxylation is 1. The predicted molar refractivity (Wildman–Crippen MR) is 64.8 cm³/mol. The Morgan fingerprint density at radius 2 is 2.10 bits per heavy atom. The van der Waals surface area contributed by atoms with Crippen molar-refractivity contribution in [2.24, 2.45) is 7.05 Å². The van der Waals surface area contributed by atoms with Crippen molar-refractivity contribution in [3.63, 3.8) is 0 Å². The molecule has 0 aliphatic rings. The van der Waals surface area contributed by atoms with Crippen LogP contribution in [-0.2, 0) is 7.05 Å². The number of rotatable bonds is 3. The Morgan fingerprint density at radius 1 is 1.35 bits per heavy atom. The number of nitrogens with one attached hydrogen (secondary N) is 2. The van der Waals surface area contributed by atoms with Crippen molar-refractivity contribution in [1.82, 2.24) is 20.2 Å². The minimum Gasteiger partial charge on any atom is -0.478 e. The number of amides is 2. The lowest BCUT2D eigenvalue weighted by Crippen LogP contribution is -2.22. The van der Waals surface area contributed by atoms with E-state index in [2.05, 4.69) is 26.0 Å². The van der Waals surface area contributed by atoms with E-state index in [1.807, 2.05) is 0 Å². The van der Waals surface area contributed by atoms with Gasteiger partial charge in [-0.25, -0.2) is 14.0 Å². The van der Waals surface area contributed by atoms with Crippen LogP contribution in [0.15, 0.2) is 18.2 Å². The molecule has 0 bridgehead atoms. The SMILES string of the molecule is Cn1nnc(NC(=O)Nc2ccc(F)cc2C(=O)O)n1. The molecule has 0 saturated heterocycles. The highest BCUT2D eigenvalue weighted by Gasteiger charge is 2.14. The number of aromatic carboxylic acids is 1. The van der Waals surface area contributed by atoms with Crippen LogP contribution in [0.4, 0.5) is 20.8 Å². The minimum atomic E-state index is -1.36. The van der Waals surface area contributed by atoms with E-state index in [1.54, 1.807) is 0 Å². The van der Waals surface area contributed by atoms with Crippen LogP contribution >= 0.6 is 0 Å². The summed E-state index contributed by atoms with van der Waals surface area (Å²) in [5.74, 6) is -2.13. The summed E-state index contributed by atoms with van der Waals surface area (Å²) in [6, 6.07) is 2.20. The quantitative estimate of drug-likeness (QED) is 0.760. The number of anilines is 2. The highest BCUT2D eigenvalue weighted by atomic mass is 19.1. The lowest BCUT2D eigenvalue weighted by atomic mass is 10.2. The largest absolute Gasteiger partial charge is 0.478 e. The molecule has 3 N–H and O–H groups in total. The fourth-order valence-electron chi connectivity index (χ4n) is 1.39. The van der Waals surface area contributed by atoms with Gasteiger partial charge in [0.2, 0.25) is 0 Å². The summed E-state index contributed by atoms with van der Waals surface area (Å²) < 4.78 is 13.0. The first kappa shape index (κ1) is 13.4. The number of hydrogen-bond acceptors (Lipinski definition) is 5. The molecule has 0 aliphatic heterocycles. The van der Waals surface area contributed by atoms with E-state index < -0.39 is 17.8 Å². The van der Waals surface area contributed by atoms with Crippen LogP contribution in [0.1, 0.15) is 10.4 Å². The lowest BCUT2D eigenvalue weighted by molar-refractivity contribution is 0.0697. The number of tetrazole rings is 1. The summed E-state index contributed by atoms with van der Waals surface area (Å²) in [5, 5.41) is 24.2. The van der Waals surface area contributed by atoms with Crippen molar-refractivity contribution >= 4 is 23.6 Å². The van der Waals surface area contributed by atoms with Crippen molar-refractivity contribution in [1.29, 1.82) is 0 Å². The molecule has 2 aromatic rings. The molecular formula is C10H9FN6O3. The van der Waals surface area contributed by atoms with Gasteiger partial charge in [0.05, 0.1) is 18.3 Å². The molecule has 0 atom stereocenters. The Labute approximate surface area is 111 Å². The maximum Gasteiger partial charge on any atom is 0.337 e. The number of hydrogen-bond donors (Lipinski definition) is 3. The van der Waals surface area contributed by atoms with Crippen LogP contribution < -0.4 is 10.6 Å². The molecule has 1 aromatic heterocycles. The van der Waals surface area contributed by atoms with E-state index in [9.17, 15) is 14.0 Å². The molecule has 0 unspecified atom stereocenters. The molecular weight excluding hydrogens is 271 g/mol. The maximum absolute atomic E-state index is 13.0. The molecule has 20 heavy (non-hydrogen) atoms. The fourth-order valence-corrected chi connectivity index (χ4v) is 1.39. The first-order chi connectivity index (χ1) is 9.45. The average Bonchev–Trinajstić information content (AvgIpc) is 2.76. The highest BCUT2D eigenvalue weighted by molar-refractivity contribution is 6.03. The monoisotopic (exact) mass is 280 g/mol. The van der Waals surface area contributed by atoms with E-state index >= 15 is 0 Å². The number of urea groups is 1. The third kappa shape index (κ3) is 3.04. The van der Waals surface area contributed by atoms with Gasteiger partial charge in [-0.15, -0.1) is 5.10 Å². The standard InChI is InChI=1S/C10H9FN6O3/c1-17-15-9(14-16-17)13-10(20)12-7-3-2-5(11)4-6(7)8(18)19/h2-4H,1H3,(H,18,19)(H2,12,13,15,20). The van der Waals surface area contributed by atoms with Crippen LogP contribution in [0.25, 0.3) is 0 Å². The molecule has 0 radical (unpaired) electrons. The van der Waals surface area contributed by atoms with Gasteiger partial charge in [-0.1, -0.05) is 5.10 Å². The van der Waals surface area contributed by atoms with Gasteiger partial charge in [-0.05, 0) is 23.4 Å². The molecule has 0 aliphatic carbocycles. The van der Waals surface area contributed by atoms with Crippen molar-refractivity contribution < 1.29 is 19.1 Å². The highest BCUT2D eigenvalue weighted by Crippen LogP contribution is 2.17. The van der Waals surface area contributed by atoms with E-state index in [-0.39, 0.29) is 17.2 Å². The molecule has 2 rings (SSSR count). The zero-order valence-corrected chi connectivity index (χ0v) is 10.2.